The van der Waals surface area contributed by atoms with Crippen LogP contribution in [0.1, 0.15) is 24.5 Å². The highest BCUT2D eigenvalue weighted by Gasteiger charge is 2.35. The van der Waals surface area contributed by atoms with Gasteiger partial charge in [0, 0.05) is 25.2 Å². The van der Waals surface area contributed by atoms with E-state index >= 15 is 0 Å². The Labute approximate surface area is 160 Å². The Morgan fingerprint density at radius 3 is 2.59 bits per heavy atom. The number of hydrogen-bond acceptors (Lipinski definition) is 3. The molecule has 0 aromatic heterocycles. The van der Waals surface area contributed by atoms with Gasteiger partial charge < -0.3 is 15.0 Å². The van der Waals surface area contributed by atoms with E-state index in [2.05, 4.69) is 12.2 Å². The van der Waals surface area contributed by atoms with Gasteiger partial charge in [-0.15, -0.1) is 0 Å². The van der Waals surface area contributed by atoms with Crippen LogP contribution in [0.3, 0.4) is 0 Å². The minimum absolute atomic E-state index is 0.0146. The standard InChI is InChI=1S/C22H26N2O3/c1-3-16-8-4-6-10-19(16)24-15-18(14-21(24)25)22(26)23-13-12-17-9-5-7-11-20(17)27-2/h4-11,18H,3,12-15H2,1-2H3,(H,23,26). The van der Waals surface area contributed by atoms with Crippen molar-refractivity contribution in [3.8, 4) is 5.75 Å². The largest absolute Gasteiger partial charge is 0.496 e. The van der Waals surface area contributed by atoms with Crippen LogP contribution in [-0.4, -0.2) is 32.0 Å². The monoisotopic (exact) mass is 366 g/mol. The van der Waals surface area contributed by atoms with Gasteiger partial charge in [-0.25, -0.2) is 0 Å². The van der Waals surface area contributed by atoms with E-state index in [0.29, 0.717) is 19.5 Å². The van der Waals surface area contributed by atoms with Crippen molar-refractivity contribution in [2.24, 2.45) is 5.92 Å². The molecular weight excluding hydrogens is 340 g/mol. The molecule has 0 spiro atoms. The molecule has 1 N–H and O–H groups in total. The van der Waals surface area contributed by atoms with E-state index in [0.717, 1.165) is 29.0 Å². The first kappa shape index (κ1) is 19.0. The number of para-hydroxylation sites is 2. The van der Waals surface area contributed by atoms with Gasteiger partial charge in [0.2, 0.25) is 11.8 Å². The number of nitrogens with zero attached hydrogens (tertiary/aromatic N) is 1. The number of carbonyl (C=O) groups excluding carboxylic acids is 2. The molecule has 1 heterocycles. The van der Waals surface area contributed by atoms with Gasteiger partial charge in [-0.1, -0.05) is 43.3 Å². The lowest BCUT2D eigenvalue weighted by molar-refractivity contribution is -0.126. The summed E-state index contributed by atoms with van der Waals surface area (Å²) < 4.78 is 5.34. The van der Waals surface area contributed by atoms with Crippen LogP contribution in [-0.2, 0) is 22.4 Å². The maximum atomic E-state index is 12.5. The molecule has 142 valence electrons. The van der Waals surface area contributed by atoms with Crippen molar-refractivity contribution in [3.63, 3.8) is 0 Å². The van der Waals surface area contributed by atoms with Gasteiger partial charge in [0.05, 0.1) is 13.0 Å². The Morgan fingerprint density at radius 2 is 1.85 bits per heavy atom. The molecule has 0 saturated carbocycles. The lowest BCUT2D eigenvalue weighted by atomic mass is 10.1. The molecule has 5 nitrogen and oxygen atoms in total. The summed E-state index contributed by atoms with van der Waals surface area (Å²) in [6.45, 7) is 3.03. The molecule has 1 saturated heterocycles. The molecule has 1 aliphatic heterocycles. The molecule has 1 aliphatic rings. The number of methoxy groups -OCH3 is 1. The van der Waals surface area contributed by atoms with E-state index in [9.17, 15) is 9.59 Å². The number of carbonyl (C=O) groups is 2. The first-order valence-corrected chi connectivity index (χ1v) is 9.42. The Bertz CT molecular complexity index is 819. The third-order valence-electron chi connectivity index (χ3n) is 5.05. The fourth-order valence-corrected chi connectivity index (χ4v) is 3.56. The van der Waals surface area contributed by atoms with E-state index in [1.807, 2.05) is 48.5 Å². The second-order valence-corrected chi connectivity index (χ2v) is 6.74. The zero-order chi connectivity index (χ0) is 19.2. The lowest BCUT2D eigenvalue weighted by Crippen LogP contribution is -2.34. The molecular formula is C22H26N2O3. The van der Waals surface area contributed by atoms with Gasteiger partial charge in [0.25, 0.3) is 0 Å². The average molecular weight is 366 g/mol. The maximum absolute atomic E-state index is 12.5. The van der Waals surface area contributed by atoms with E-state index in [4.69, 9.17) is 4.74 Å². The molecule has 1 atom stereocenters. The van der Waals surface area contributed by atoms with Crippen molar-refractivity contribution in [1.82, 2.24) is 5.32 Å². The number of nitrogens with one attached hydrogen (secondary N) is 1. The Kier molecular flexibility index (Phi) is 6.12. The average Bonchev–Trinajstić information content (AvgIpc) is 3.09. The van der Waals surface area contributed by atoms with Gasteiger partial charge >= 0.3 is 0 Å². The second kappa shape index (κ2) is 8.71. The highest BCUT2D eigenvalue weighted by molar-refractivity contribution is 6.00. The van der Waals surface area contributed by atoms with Gasteiger partial charge in [0.15, 0.2) is 0 Å². The van der Waals surface area contributed by atoms with Crippen molar-refractivity contribution in [1.29, 1.82) is 0 Å². The van der Waals surface area contributed by atoms with Crippen molar-refractivity contribution < 1.29 is 14.3 Å². The number of amides is 2. The van der Waals surface area contributed by atoms with Gasteiger partial charge in [-0.2, -0.15) is 0 Å². The van der Waals surface area contributed by atoms with Crippen LogP contribution in [0, 0.1) is 5.92 Å². The van der Waals surface area contributed by atoms with Crippen molar-refractivity contribution in [2.75, 3.05) is 25.1 Å². The minimum Gasteiger partial charge on any atom is -0.496 e. The van der Waals surface area contributed by atoms with Crippen molar-refractivity contribution >= 4 is 17.5 Å². The van der Waals surface area contributed by atoms with Crippen LogP contribution in [0.4, 0.5) is 5.69 Å². The molecule has 2 amide bonds. The Morgan fingerprint density at radius 1 is 1.15 bits per heavy atom. The summed E-state index contributed by atoms with van der Waals surface area (Å²) in [5, 5.41) is 2.97. The summed E-state index contributed by atoms with van der Waals surface area (Å²) in [7, 11) is 1.64. The maximum Gasteiger partial charge on any atom is 0.227 e. The number of anilines is 1. The summed E-state index contributed by atoms with van der Waals surface area (Å²) in [5.74, 6) is 0.473. The quantitative estimate of drug-likeness (QED) is 0.820. The Hall–Kier alpha value is -2.82. The fraction of sp³-hybridized carbons (Fsp3) is 0.364. The zero-order valence-electron chi connectivity index (χ0n) is 15.9. The van der Waals surface area contributed by atoms with Crippen LogP contribution in [0.25, 0.3) is 0 Å². The first-order chi connectivity index (χ1) is 13.1. The van der Waals surface area contributed by atoms with Crippen molar-refractivity contribution in [3.05, 3.63) is 59.7 Å². The van der Waals surface area contributed by atoms with E-state index in [1.165, 1.54) is 0 Å². The van der Waals surface area contributed by atoms with Gasteiger partial charge in [-0.3, -0.25) is 9.59 Å². The predicted molar refractivity (Wildman–Crippen MR) is 106 cm³/mol. The van der Waals surface area contributed by atoms with E-state index in [-0.39, 0.29) is 24.2 Å². The van der Waals surface area contributed by atoms with Crippen LogP contribution in [0.2, 0.25) is 0 Å². The number of hydrogen-bond donors (Lipinski definition) is 1. The van der Waals surface area contributed by atoms with E-state index in [1.54, 1.807) is 12.0 Å². The number of aryl methyl sites for hydroxylation is 1. The Balaban J connectivity index is 1.58. The molecule has 3 rings (SSSR count). The molecule has 1 unspecified atom stereocenters. The highest BCUT2D eigenvalue weighted by atomic mass is 16.5. The SMILES string of the molecule is CCc1ccccc1N1CC(C(=O)NCCc2ccccc2OC)CC1=O. The van der Waals surface area contributed by atoms with Crippen LogP contribution >= 0.6 is 0 Å². The highest BCUT2D eigenvalue weighted by Crippen LogP contribution is 2.28. The number of rotatable bonds is 7. The lowest BCUT2D eigenvalue weighted by Gasteiger charge is -2.20. The summed E-state index contributed by atoms with van der Waals surface area (Å²) in [5.41, 5.74) is 3.11. The third-order valence-corrected chi connectivity index (χ3v) is 5.05. The fourth-order valence-electron chi connectivity index (χ4n) is 3.56. The molecule has 0 aliphatic carbocycles. The van der Waals surface area contributed by atoms with Crippen molar-refractivity contribution in [2.45, 2.75) is 26.2 Å². The van der Waals surface area contributed by atoms with Crippen LogP contribution in [0.5, 0.6) is 5.75 Å². The summed E-state index contributed by atoms with van der Waals surface area (Å²) in [4.78, 5) is 26.8. The zero-order valence-corrected chi connectivity index (χ0v) is 15.9. The minimum atomic E-state index is -0.305. The van der Waals surface area contributed by atoms with Gasteiger partial charge in [0.1, 0.15) is 5.75 Å². The number of benzene rings is 2. The van der Waals surface area contributed by atoms with Crippen LogP contribution in [0.15, 0.2) is 48.5 Å². The third kappa shape index (κ3) is 4.30. The molecule has 5 heteroatoms. The molecule has 0 bridgehead atoms. The summed E-state index contributed by atoms with van der Waals surface area (Å²) in [6, 6.07) is 15.7. The van der Waals surface area contributed by atoms with Crippen LogP contribution < -0.4 is 15.0 Å². The smallest absolute Gasteiger partial charge is 0.227 e. The summed E-state index contributed by atoms with van der Waals surface area (Å²) >= 11 is 0. The predicted octanol–water partition coefficient (Wildman–Crippen LogP) is 2.97. The van der Waals surface area contributed by atoms with Gasteiger partial charge in [-0.05, 0) is 36.1 Å². The molecule has 2 aromatic rings. The molecule has 1 fully saturated rings. The number of ether oxygens (including phenoxy) is 1. The molecule has 0 radical (unpaired) electrons. The first-order valence-electron chi connectivity index (χ1n) is 9.42. The molecule has 27 heavy (non-hydrogen) atoms. The normalized spacial score (nSPS) is 16.4. The topological polar surface area (TPSA) is 58.6 Å². The van der Waals surface area contributed by atoms with E-state index < -0.39 is 0 Å². The summed E-state index contributed by atoms with van der Waals surface area (Å²) in [6.07, 6.45) is 1.81. The second-order valence-electron chi connectivity index (χ2n) is 6.74. The molecule has 2 aromatic carbocycles.